The Balaban J connectivity index is 0.000000234. The summed E-state index contributed by atoms with van der Waals surface area (Å²) in [7, 11) is 1.34. The Morgan fingerprint density at radius 1 is 1.38 bits per heavy atom. The number of nitrogens with one attached hydrogen (secondary N) is 2. The first-order chi connectivity index (χ1) is 13.7. The second kappa shape index (κ2) is 9.19. The van der Waals surface area contributed by atoms with Crippen LogP contribution in [0, 0.1) is 5.82 Å². The number of hydrogen-bond acceptors (Lipinski definition) is 7. The molecule has 0 fully saturated rings. The number of nitrogens with zero attached hydrogens (tertiary/aromatic N) is 3. The number of nitrogens with two attached hydrogens (primary N) is 1. The fraction of sp³-hybridized carbons (Fsp3) is 0.294. The van der Waals surface area contributed by atoms with Crippen molar-refractivity contribution in [1.29, 1.82) is 0 Å². The van der Waals surface area contributed by atoms with Crippen molar-refractivity contribution in [3.8, 4) is 5.88 Å². The van der Waals surface area contributed by atoms with Crippen LogP contribution in [0.5, 0.6) is 5.88 Å². The van der Waals surface area contributed by atoms with Crippen LogP contribution in [0.25, 0.3) is 5.73 Å². The quantitative estimate of drug-likeness (QED) is 0.698. The van der Waals surface area contributed by atoms with Gasteiger partial charge in [-0.2, -0.15) is 0 Å². The molecular formula is C17H18F3N6O3-. The zero-order chi connectivity index (χ0) is 21.6. The summed E-state index contributed by atoms with van der Waals surface area (Å²) in [6.07, 6.45) is -0.253. The summed E-state index contributed by atoms with van der Waals surface area (Å²) in [6, 6.07) is 3.24. The molecule has 0 spiro atoms. The summed E-state index contributed by atoms with van der Waals surface area (Å²) in [5, 5.41) is 11.2. The normalized spacial score (nSPS) is 18.4. The molecule has 0 saturated carbocycles. The molecule has 0 bridgehead atoms. The van der Waals surface area contributed by atoms with Crippen LogP contribution >= 0.6 is 0 Å². The van der Waals surface area contributed by atoms with Crippen molar-refractivity contribution in [3.63, 3.8) is 0 Å². The molecule has 0 unspecified atom stereocenters. The molecule has 2 aromatic rings. The predicted octanol–water partition coefficient (Wildman–Crippen LogP) is 2.11. The number of amidine groups is 1. The van der Waals surface area contributed by atoms with Gasteiger partial charge in [0.05, 0.1) is 13.7 Å². The minimum atomic E-state index is -2.92. The van der Waals surface area contributed by atoms with Crippen LogP contribution in [0.15, 0.2) is 35.6 Å². The van der Waals surface area contributed by atoms with Crippen LogP contribution in [0.4, 0.5) is 18.9 Å². The molecule has 156 valence electrons. The third kappa shape index (κ3) is 4.90. The van der Waals surface area contributed by atoms with E-state index in [9.17, 15) is 18.0 Å². The maximum Gasteiger partial charge on any atom is 0.360 e. The molecule has 1 aliphatic rings. The molecule has 1 aliphatic heterocycles. The van der Waals surface area contributed by atoms with Crippen LogP contribution in [0.1, 0.15) is 16.1 Å². The van der Waals surface area contributed by atoms with E-state index in [0.29, 0.717) is 0 Å². The highest BCUT2D eigenvalue weighted by Crippen LogP contribution is 2.36. The van der Waals surface area contributed by atoms with E-state index < -0.39 is 23.8 Å². The van der Waals surface area contributed by atoms with E-state index in [1.165, 1.54) is 25.6 Å². The van der Waals surface area contributed by atoms with Gasteiger partial charge in [0.25, 0.3) is 6.43 Å². The summed E-state index contributed by atoms with van der Waals surface area (Å²) < 4.78 is 45.0. The largest absolute Gasteiger partial charge is 0.699 e. The predicted molar refractivity (Wildman–Crippen MR) is 98.1 cm³/mol. The number of alkyl halides is 2. The minimum Gasteiger partial charge on any atom is -0.699 e. The SMILES string of the molecule is COc1nccnc1C(=O)O.[NH-]c1ccc(F)c([C@]2(C(F)F)CNCC(N)=N2)c1. The summed E-state index contributed by atoms with van der Waals surface area (Å²) in [4.78, 5) is 21.4. The Morgan fingerprint density at radius 3 is 2.62 bits per heavy atom. The van der Waals surface area contributed by atoms with E-state index in [2.05, 4.69) is 25.0 Å². The lowest BCUT2D eigenvalue weighted by molar-refractivity contribution is 0.0491. The standard InChI is InChI=1S/C11H12F3N4.C6H6N2O3/c12-8-2-1-6(15)3-7(8)11(10(13)14)5-17-4-9(16)18-11;1-11-5-4(6(9)10)7-2-3-8-5/h1-3,10,15,17H,4-5H2,(H2,16,18);2-3H,1H3,(H,9,10)/q-1;/t11-;/m0./s1. The van der Waals surface area contributed by atoms with Gasteiger partial charge in [0, 0.05) is 24.5 Å². The Morgan fingerprint density at radius 2 is 2.07 bits per heavy atom. The molecular weight excluding hydrogens is 393 g/mol. The summed E-state index contributed by atoms with van der Waals surface area (Å²) >= 11 is 0. The monoisotopic (exact) mass is 411 g/mol. The third-order valence-corrected chi connectivity index (χ3v) is 3.90. The number of carboxylic acid groups (broad SMARTS) is 1. The Bertz CT molecular complexity index is 912. The van der Waals surface area contributed by atoms with E-state index >= 15 is 0 Å². The third-order valence-electron chi connectivity index (χ3n) is 3.90. The van der Waals surface area contributed by atoms with E-state index in [-0.39, 0.29) is 41.7 Å². The lowest BCUT2D eigenvalue weighted by Crippen LogP contribution is -2.51. The van der Waals surface area contributed by atoms with Gasteiger partial charge in [0.15, 0.2) is 5.54 Å². The van der Waals surface area contributed by atoms with Gasteiger partial charge in [0.1, 0.15) is 11.7 Å². The van der Waals surface area contributed by atoms with E-state index in [1.807, 2.05) is 0 Å². The highest BCUT2D eigenvalue weighted by molar-refractivity contribution is 5.87. The Kier molecular flexibility index (Phi) is 6.93. The number of carboxylic acids is 1. The number of carbonyl (C=O) groups is 1. The van der Waals surface area contributed by atoms with Crippen molar-refractivity contribution in [2.75, 3.05) is 20.2 Å². The minimum absolute atomic E-state index is 0.00339. The number of aromatic nitrogens is 2. The van der Waals surface area contributed by atoms with E-state index in [0.717, 1.165) is 12.1 Å². The lowest BCUT2D eigenvalue weighted by Gasteiger charge is -2.34. The fourth-order valence-corrected chi connectivity index (χ4v) is 2.59. The molecule has 0 radical (unpaired) electrons. The number of ether oxygens (including phenoxy) is 1. The van der Waals surface area contributed by atoms with Gasteiger partial charge in [0.2, 0.25) is 11.6 Å². The fourth-order valence-electron chi connectivity index (χ4n) is 2.59. The zero-order valence-electron chi connectivity index (χ0n) is 15.2. The molecule has 9 nitrogen and oxygen atoms in total. The molecule has 1 atom stereocenters. The summed E-state index contributed by atoms with van der Waals surface area (Å²) in [5.74, 6) is -1.93. The highest BCUT2D eigenvalue weighted by Gasteiger charge is 2.45. The van der Waals surface area contributed by atoms with E-state index in [1.54, 1.807) is 0 Å². The number of methoxy groups -OCH3 is 1. The van der Waals surface area contributed by atoms with Gasteiger partial charge in [-0.15, -0.1) is 5.69 Å². The Labute approximate surface area is 163 Å². The molecule has 1 aromatic carbocycles. The second-order valence-corrected chi connectivity index (χ2v) is 5.85. The van der Waals surface area contributed by atoms with Crippen molar-refractivity contribution in [1.82, 2.24) is 15.3 Å². The number of hydrogen-bond donors (Lipinski definition) is 3. The molecule has 0 aliphatic carbocycles. The van der Waals surface area contributed by atoms with Gasteiger partial charge in [-0.1, -0.05) is 12.1 Å². The molecule has 5 N–H and O–H groups in total. The zero-order valence-corrected chi connectivity index (χ0v) is 15.2. The van der Waals surface area contributed by atoms with Crippen molar-refractivity contribution in [2.24, 2.45) is 10.7 Å². The molecule has 12 heteroatoms. The number of halogens is 3. The highest BCUT2D eigenvalue weighted by atomic mass is 19.3. The number of aromatic carboxylic acids is 1. The van der Waals surface area contributed by atoms with Crippen LogP contribution in [0.2, 0.25) is 0 Å². The molecule has 2 heterocycles. The number of rotatable bonds is 4. The first-order valence-electron chi connectivity index (χ1n) is 8.14. The summed E-state index contributed by atoms with van der Waals surface area (Å²) in [6.45, 7) is -0.0254. The molecule has 3 rings (SSSR count). The van der Waals surface area contributed by atoms with Gasteiger partial charge >= 0.3 is 5.97 Å². The van der Waals surface area contributed by atoms with Crippen LogP contribution in [-0.2, 0) is 5.54 Å². The lowest BCUT2D eigenvalue weighted by atomic mass is 9.88. The van der Waals surface area contributed by atoms with Gasteiger partial charge < -0.3 is 26.6 Å². The first kappa shape index (κ1) is 21.9. The maximum atomic E-state index is 13.7. The van der Waals surface area contributed by atoms with E-state index in [4.69, 9.17) is 16.6 Å². The average molecular weight is 411 g/mol. The second-order valence-electron chi connectivity index (χ2n) is 5.85. The molecule has 29 heavy (non-hydrogen) atoms. The number of aliphatic imine (C=N–C) groups is 1. The summed E-state index contributed by atoms with van der Waals surface area (Å²) in [5.41, 5.74) is 10.3. The average Bonchev–Trinajstić information content (AvgIpc) is 2.70. The molecule has 1 aromatic heterocycles. The number of benzene rings is 1. The smallest absolute Gasteiger partial charge is 0.360 e. The molecule has 0 amide bonds. The van der Waals surface area contributed by atoms with Gasteiger partial charge in [-0.3, -0.25) is 4.99 Å². The van der Waals surface area contributed by atoms with Crippen molar-refractivity contribution >= 4 is 17.5 Å². The van der Waals surface area contributed by atoms with Crippen molar-refractivity contribution in [2.45, 2.75) is 12.0 Å². The van der Waals surface area contributed by atoms with Crippen LogP contribution < -0.4 is 15.8 Å². The van der Waals surface area contributed by atoms with Gasteiger partial charge in [-0.05, 0) is 6.07 Å². The van der Waals surface area contributed by atoms with Crippen LogP contribution in [-0.4, -0.2) is 53.5 Å². The van der Waals surface area contributed by atoms with Crippen LogP contribution in [0.3, 0.4) is 0 Å². The van der Waals surface area contributed by atoms with Crippen molar-refractivity contribution in [3.05, 3.63) is 53.4 Å². The van der Waals surface area contributed by atoms with Gasteiger partial charge in [-0.25, -0.2) is 27.9 Å². The van der Waals surface area contributed by atoms with Crippen molar-refractivity contribution < 1.29 is 27.8 Å². The topological polar surface area (TPSA) is 147 Å². The maximum absolute atomic E-state index is 13.7. The molecule has 0 saturated heterocycles. The Hall–Kier alpha value is -3.41. The first-order valence-corrected chi connectivity index (χ1v) is 8.14.